The van der Waals surface area contributed by atoms with Gasteiger partial charge in [0.05, 0.1) is 40.6 Å². The molecule has 0 aliphatic rings. The van der Waals surface area contributed by atoms with E-state index in [2.05, 4.69) is 15.1 Å². The molecule has 2 aromatic carbocycles. The van der Waals surface area contributed by atoms with Crippen LogP contribution in [0.15, 0.2) is 59.5 Å². The molecule has 0 N–H and O–H groups in total. The molecule has 160 valence electrons. The first kappa shape index (κ1) is 21.1. The Balaban J connectivity index is 1.81. The SMILES string of the molecule is COc1ccc(N(Cc2nc3nc(C)c(Cl)c(C)n3n2)S(=O)(=O)c2ccccc2)cc1. The van der Waals surface area contributed by atoms with Gasteiger partial charge in [-0.05, 0) is 50.2 Å². The van der Waals surface area contributed by atoms with Gasteiger partial charge in [0.2, 0.25) is 0 Å². The van der Waals surface area contributed by atoms with Crippen LogP contribution in [0.4, 0.5) is 5.69 Å². The summed E-state index contributed by atoms with van der Waals surface area (Å²) >= 11 is 6.28. The fourth-order valence-corrected chi connectivity index (χ4v) is 4.74. The van der Waals surface area contributed by atoms with E-state index < -0.39 is 10.0 Å². The molecule has 0 saturated carbocycles. The molecular formula is C21H20ClN5O3S. The van der Waals surface area contributed by atoms with Gasteiger partial charge in [0, 0.05) is 0 Å². The van der Waals surface area contributed by atoms with Crippen molar-refractivity contribution in [3.05, 3.63) is 76.8 Å². The predicted octanol–water partition coefficient (Wildman–Crippen LogP) is 3.80. The zero-order chi connectivity index (χ0) is 22.2. The fraction of sp³-hybridized carbons (Fsp3) is 0.190. The van der Waals surface area contributed by atoms with Gasteiger partial charge in [-0.25, -0.2) is 13.4 Å². The fourth-order valence-electron chi connectivity index (χ4n) is 3.18. The molecule has 0 spiro atoms. The van der Waals surface area contributed by atoms with Gasteiger partial charge in [-0.1, -0.05) is 29.8 Å². The van der Waals surface area contributed by atoms with E-state index in [9.17, 15) is 8.42 Å². The lowest BCUT2D eigenvalue weighted by Crippen LogP contribution is -2.31. The number of ether oxygens (including phenoxy) is 1. The van der Waals surface area contributed by atoms with Gasteiger partial charge in [-0.3, -0.25) is 4.31 Å². The zero-order valence-corrected chi connectivity index (χ0v) is 18.7. The van der Waals surface area contributed by atoms with Crippen LogP contribution in [0.25, 0.3) is 5.78 Å². The summed E-state index contributed by atoms with van der Waals surface area (Å²) in [6.07, 6.45) is 0. The van der Waals surface area contributed by atoms with Gasteiger partial charge in [0.1, 0.15) is 5.75 Å². The summed E-state index contributed by atoms with van der Waals surface area (Å²) in [7, 11) is -2.33. The Morgan fingerprint density at radius 2 is 1.71 bits per heavy atom. The molecule has 10 heteroatoms. The van der Waals surface area contributed by atoms with Crippen LogP contribution in [-0.2, 0) is 16.6 Å². The van der Waals surface area contributed by atoms with Crippen LogP contribution < -0.4 is 9.04 Å². The highest BCUT2D eigenvalue weighted by molar-refractivity contribution is 7.92. The van der Waals surface area contributed by atoms with Crippen molar-refractivity contribution in [2.75, 3.05) is 11.4 Å². The topological polar surface area (TPSA) is 89.7 Å². The van der Waals surface area contributed by atoms with E-state index in [1.165, 1.54) is 8.82 Å². The van der Waals surface area contributed by atoms with Crippen molar-refractivity contribution < 1.29 is 13.2 Å². The Labute approximate surface area is 185 Å². The number of benzene rings is 2. The predicted molar refractivity (Wildman–Crippen MR) is 118 cm³/mol. The van der Waals surface area contributed by atoms with E-state index in [-0.39, 0.29) is 11.4 Å². The lowest BCUT2D eigenvalue weighted by atomic mass is 10.3. The number of aryl methyl sites for hydroxylation is 2. The van der Waals surface area contributed by atoms with Crippen molar-refractivity contribution in [1.29, 1.82) is 0 Å². The van der Waals surface area contributed by atoms with Crippen molar-refractivity contribution in [2.24, 2.45) is 0 Å². The number of nitrogens with zero attached hydrogens (tertiary/aromatic N) is 5. The van der Waals surface area contributed by atoms with Crippen molar-refractivity contribution >= 4 is 33.1 Å². The van der Waals surface area contributed by atoms with Gasteiger partial charge in [-0.2, -0.15) is 9.50 Å². The second kappa shape index (κ2) is 8.16. The third-order valence-corrected chi connectivity index (χ3v) is 7.17. The number of halogens is 1. The number of anilines is 1. The lowest BCUT2D eigenvalue weighted by Gasteiger charge is -2.23. The number of hydrogen-bond acceptors (Lipinski definition) is 6. The number of fused-ring (bicyclic) bond motifs is 1. The highest BCUT2D eigenvalue weighted by atomic mass is 35.5. The smallest absolute Gasteiger partial charge is 0.264 e. The maximum atomic E-state index is 13.5. The Hall–Kier alpha value is -3.17. The molecule has 2 aromatic heterocycles. The molecular weight excluding hydrogens is 438 g/mol. The highest BCUT2D eigenvalue weighted by Crippen LogP contribution is 2.27. The minimum absolute atomic E-state index is 0.0803. The lowest BCUT2D eigenvalue weighted by molar-refractivity contribution is 0.415. The van der Waals surface area contributed by atoms with E-state index in [1.54, 1.807) is 68.6 Å². The van der Waals surface area contributed by atoms with E-state index in [0.29, 0.717) is 39.4 Å². The summed E-state index contributed by atoms with van der Waals surface area (Å²) in [4.78, 5) is 8.95. The Kier molecular flexibility index (Phi) is 5.55. The number of methoxy groups -OCH3 is 1. The Morgan fingerprint density at radius 3 is 2.35 bits per heavy atom. The minimum Gasteiger partial charge on any atom is -0.497 e. The van der Waals surface area contributed by atoms with Crippen LogP contribution in [0.3, 0.4) is 0 Å². The molecule has 0 aliphatic carbocycles. The maximum Gasteiger partial charge on any atom is 0.264 e. The van der Waals surface area contributed by atoms with E-state index in [0.717, 1.165) is 0 Å². The largest absolute Gasteiger partial charge is 0.497 e. The molecule has 0 unspecified atom stereocenters. The van der Waals surface area contributed by atoms with Crippen molar-refractivity contribution in [3.8, 4) is 5.75 Å². The second-order valence-electron chi connectivity index (χ2n) is 6.86. The number of hydrogen-bond donors (Lipinski definition) is 0. The van der Waals surface area contributed by atoms with Crippen LogP contribution in [0.5, 0.6) is 5.75 Å². The quantitative estimate of drug-likeness (QED) is 0.437. The first-order chi connectivity index (χ1) is 14.8. The zero-order valence-electron chi connectivity index (χ0n) is 17.2. The normalized spacial score (nSPS) is 11.6. The molecule has 0 radical (unpaired) electrons. The third kappa shape index (κ3) is 3.94. The number of aromatic nitrogens is 4. The molecule has 0 amide bonds. The van der Waals surface area contributed by atoms with Crippen LogP contribution in [0.1, 0.15) is 17.2 Å². The average Bonchev–Trinajstić information content (AvgIpc) is 3.19. The van der Waals surface area contributed by atoms with Crippen molar-refractivity contribution in [2.45, 2.75) is 25.3 Å². The molecule has 2 heterocycles. The Bertz CT molecular complexity index is 1340. The van der Waals surface area contributed by atoms with E-state index >= 15 is 0 Å². The van der Waals surface area contributed by atoms with Gasteiger partial charge < -0.3 is 4.74 Å². The Morgan fingerprint density at radius 1 is 1.03 bits per heavy atom. The third-order valence-electron chi connectivity index (χ3n) is 4.83. The summed E-state index contributed by atoms with van der Waals surface area (Å²) in [6, 6.07) is 15.0. The molecule has 31 heavy (non-hydrogen) atoms. The summed E-state index contributed by atoms with van der Waals surface area (Å²) in [5, 5.41) is 4.94. The highest BCUT2D eigenvalue weighted by Gasteiger charge is 2.27. The molecule has 0 atom stereocenters. The number of rotatable bonds is 6. The van der Waals surface area contributed by atoms with Crippen LogP contribution in [0.2, 0.25) is 5.02 Å². The van der Waals surface area contributed by atoms with E-state index in [4.69, 9.17) is 16.3 Å². The van der Waals surface area contributed by atoms with Crippen LogP contribution >= 0.6 is 11.6 Å². The molecule has 4 aromatic rings. The molecule has 8 nitrogen and oxygen atoms in total. The molecule has 0 bridgehead atoms. The van der Waals surface area contributed by atoms with Gasteiger partial charge in [0.15, 0.2) is 5.82 Å². The molecule has 0 fully saturated rings. The monoisotopic (exact) mass is 457 g/mol. The van der Waals surface area contributed by atoms with Crippen molar-refractivity contribution in [3.63, 3.8) is 0 Å². The number of sulfonamides is 1. The van der Waals surface area contributed by atoms with Crippen LogP contribution in [0, 0.1) is 13.8 Å². The average molecular weight is 458 g/mol. The summed E-state index contributed by atoms with van der Waals surface area (Å²) in [5.74, 6) is 1.28. The standard InChI is InChI=1S/C21H20ClN5O3S/c1-14-20(22)15(2)27-21(23-14)24-19(25-27)13-26(16-9-11-17(30-3)12-10-16)31(28,29)18-7-5-4-6-8-18/h4-12H,13H2,1-3H3. The van der Waals surface area contributed by atoms with Gasteiger partial charge in [-0.15, -0.1) is 5.10 Å². The summed E-state index contributed by atoms with van der Waals surface area (Å²) in [6.45, 7) is 3.51. The van der Waals surface area contributed by atoms with Gasteiger partial charge in [0.25, 0.3) is 15.8 Å². The second-order valence-corrected chi connectivity index (χ2v) is 9.10. The van der Waals surface area contributed by atoms with E-state index in [1.807, 2.05) is 6.92 Å². The summed E-state index contributed by atoms with van der Waals surface area (Å²) < 4.78 is 34.9. The molecule has 4 rings (SSSR count). The minimum atomic E-state index is -3.88. The van der Waals surface area contributed by atoms with Gasteiger partial charge >= 0.3 is 0 Å². The molecule has 0 aliphatic heterocycles. The van der Waals surface area contributed by atoms with Crippen LogP contribution in [-0.4, -0.2) is 35.1 Å². The maximum absolute atomic E-state index is 13.5. The molecule has 0 saturated heterocycles. The first-order valence-electron chi connectivity index (χ1n) is 9.41. The van der Waals surface area contributed by atoms with Crippen molar-refractivity contribution in [1.82, 2.24) is 19.6 Å². The summed E-state index contributed by atoms with van der Waals surface area (Å²) in [5.41, 5.74) is 1.78. The first-order valence-corrected chi connectivity index (χ1v) is 11.2.